The molecular weight excluding hydrogens is 208 g/mol. The zero-order chi connectivity index (χ0) is 10.6. The number of nitrogens with one attached hydrogen (secondary N) is 1. The van der Waals surface area contributed by atoms with E-state index in [1.54, 1.807) is 5.01 Å². The molecule has 0 aromatic rings. The van der Waals surface area contributed by atoms with Gasteiger partial charge < -0.3 is 4.74 Å². The highest BCUT2D eigenvalue weighted by atomic mass is 35.5. The van der Waals surface area contributed by atoms with Gasteiger partial charge in [0.2, 0.25) is 0 Å². The second-order valence-corrected chi connectivity index (χ2v) is 3.49. The molecule has 0 spiro atoms. The predicted molar refractivity (Wildman–Crippen MR) is 50.9 cm³/mol. The Morgan fingerprint density at radius 3 is 2.50 bits per heavy atom. The average molecular weight is 221 g/mol. The van der Waals surface area contributed by atoms with Crippen molar-refractivity contribution in [1.29, 1.82) is 0 Å². The predicted octanol–water partition coefficient (Wildman–Crippen LogP) is -0.454. The summed E-state index contributed by atoms with van der Waals surface area (Å²) < 4.78 is 5.10. The minimum Gasteiger partial charge on any atom is -0.379 e. The molecule has 5 nitrogen and oxygen atoms in total. The molecule has 1 fully saturated rings. The molecule has 80 valence electrons. The van der Waals surface area contributed by atoms with Crippen LogP contribution in [0.1, 0.15) is 6.92 Å². The van der Waals surface area contributed by atoms with Gasteiger partial charge in [-0.3, -0.25) is 15.0 Å². The number of nitrogens with zero attached hydrogens (tertiary/aromatic N) is 1. The third-order valence-electron chi connectivity index (χ3n) is 1.87. The van der Waals surface area contributed by atoms with Crippen molar-refractivity contribution < 1.29 is 14.3 Å². The van der Waals surface area contributed by atoms with E-state index in [4.69, 9.17) is 16.3 Å². The highest BCUT2D eigenvalue weighted by Crippen LogP contribution is 1.99. The van der Waals surface area contributed by atoms with E-state index in [2.05, 4.69) is 5.43 Å². The molecule has 1 amide bonds. The number of rotatable bonds is 3. The molecule has 0 aromatic heterocycles. The molecular formula is C8H13ClN2O3. The number of ether oxygens (including phenoxy) is 1. The molecule has 1 unspecified atom stereocenters. The lowest BCUT2D eigenvalue weighted by Crippen LogP contribution is -2.51. The quantitative estimate of drug-likeness (QED) is 0.517. The van der Waals surface area contributed by atoms with Crippen LogP contribution in [0.5, 0.6) is 0 Å². The lowest BCUT2D eigenvalue weighted by molar-refractivity contribution is -0.131. The van der Waals surface area contributed by atoms with E-state index in [1.807, 2.05) is 0 Å². The zero-order valence-corrected chi connectivity index (χ0v) is 8.71. The summed E-state index contributed by atoms with van der Waals surface area (Å²) in [5.41, 5.74) is 2.56. The fourth-order valence-electron chi connectivity index (χ4n) is 1.07. The van der Waals surface area contributed by atoms with Gasteiger partial charge >= 0.3 is 0 Å². The van der Waals surface area contributed by atoms with Crippen LogP contribution in [0.2, 0.25) is 0 Å². The van der Waals surface area contributed by atoms with Crippen molar-refractivity contribution in [1.82, 2.24) is 10.4 Å². The Kier molecular flexibility index (Phi) is 4.31. The number of carbonyl (C=O) groups excluding carboxylic acids is 2. The first-order chi connectivity index (χ1) is 6.61. The molecule has 1 aliphatic rings. The number of Topliss-reactive ketones (excluding diaryl/α,β-unsaturated/α-hetero) is 1. The number of carbonyl (C=O) groups is 2. The highest BCUT2D eigenvalue weighted by Gasteiger charge is 2.22. The smallest absolute Gasteiger partial charge is 0.259 e. The van der Waals surface area contributed by atoms with Crippen LogP contribution >= 0.6 is 11.6 Å². The standard InChI is InChI=1S/C8H13ClN2O3/c1-6(12)7(9)8(13)10-11-2-4-14-5-3-11/h7H,2-5H2,1H3,(H,10,13). The van der Waals surface area contributed by atoms with E-state index < -0.39 is 11.3 Å². The number of halogens is 1. The van der Waals surface area contributed by atoms with Gasteiger partial charge in [0.25, 0.3) is 5.91 Å². The van der Waals surface area contributed by atoms with E-state index in [9.17, 15) is 9.59 Å². The SMILES string of the molecule is CC(=O)C(Cl)C(=O)NN1CCOCC1. The second kappa shape index (κ2) is 5.29. The molecule has 1 aliphatic heterocycles. The third-order valence-corrected chi connectivity index (χ3v) is 2.37. The van der Waals surface area contributed by atoms with Crippen molar-refractivity contribution in [3.8, 4) is 0 Å². The van der Waals surface area contributed by atoms with Crippen LogP contribution in [0.25, 0.3) is 0 Å². The summed E-state index contributed by atoms with van der Waals surface area (Å²) in [5, 5.41) is 0.599. The fraction of sp³-hybridized carbons (Fsp3) is 0.750. The van der Waals surface area contributed by atoms with E-state index >= 15 is 0 Å². The first-order valence-electron chi connectivity index (χ1n) is 4.39. The summed E-state index contributed by atoms with van der Waals surface area (Å²) in [6.07, 6.45) is 0. The Bertz CT molecular complexity index is 229. The van der Waals surface area contributed by atoms with Crippen molar-refractivity contribution in [2.75, 3.05) is 26.3 Å². The van der Waals surface area contributed by atoms with Crippen LogP contribution in [0.3, 0.4) is 0 Å². The van der Waals surface area contributed by atoms with Crippen LogP contribution in [-0.2, 0) is 14.3 Å². The first kappa shape index (κ1) is 11.4. The maximum Gasteiger partial charge on any atom is 0.259 e. The molecule has 0 radical (unpaired) electrons. The fourth-order valence-corrected chi connectivity index (χ4v) is 1.12. The van der Waals surface area contributed by atoms with Gasteiger partial charge in [-0.1, -0.05) is 0 Å². The van der Waals surface area contributed by atoms with Gasteiger partial charge in [-0.15, -0.1) is 11.6 Å². The highest BCUT2D eigenvalue weighted by molar-refractivity contribution is 6.41. The number of morpholine rings is 1. The summed E-state index contributed by atoms with van der Waals surface area (Å²) >= 11 is 5.57. The van der Waals surface area contributed by atoms with Crippen molar-refractivity contribution >= 4 is 23.3 Å². The molecule has 0 bridgehead atoms. The number of amides is 1. The first-order valence-corrected chi connectivity index (χ1v) is 4.82. The van der Waals surface area contributed by atoms with Crippen LogP contribution in [0.4, 0.5) is 0 Å². The molecule has 1 rings (SSSR count). The summed E-state index contributed by atoms with van der Waals surface area (Å²) in [5.74, 6) is -0.821. The minimum absolute atomic E-state index is 0.350. The van der Waals surface area contributed by atoms with Crippen molar-refractivity contribution in [2.45, 2.75) is 12.3 Å². The topological polar surface area (TPSA) is 58.6 Å². The Balaban J connectivity index is 2.35. The van der Waals surface area contributed by atoms with Gasteiger partial charge in [0.05, 0.1) is 13.2 Å². The van der Waals surface area contributed by atoms with E-state index in [0.717, 1.165) is 0 Å². The monoisotopic (exact) mass is 220 g/mol. The third kappa shape index (κ3) is 3.25. The molecule has 1 N–H and O–H groups in total. The van der Waals surface area contributed by atoms with Crippen molar-refractivity contribution in [2.24, 2.45) is 0 Å². The summed E-state index contributed by atoms with van der Waals surface area (Å²) in [4.78, 5) is 22.1. The molecule has 0 saturated carbocycles. The molecule has 0 aromatic carbocycles. The Hall–Kier alpha value is -0.650. The maximum absolute atomic E-state index is 11.3. The summed E-state index contributed by atoms with van der Waals surface area (Å²) in [6.45, 7) is 3.68. The van der Waals surface area contributed by atoms with Crippen LogP contribution in [0.15, 0.2) is 0 Å². The lowest BCUT2D eigenvalue weighted by Gasteiger charge is -2.27. The average Bonchev–Trinajstić information content (AvgIpc) is 2.18. The molecule has 0 aliphatic carbocycles. The van der Waals surface area contributed by atoms with Crippen LogP contribution < -0.4 is 5.43 Å². The molecule has 1 saturated heterocycles. The van der Waals surface area contributed by atoms with Crippen molar-refractivity contribution in [3.63, 3.8) is 0 Å². The van der Waals surface area contributed by atoms with Gasteiger partial charge in [0.1, 0.15) is 0 Å². The van der Waals surface area contributed by atoms with Gasteiger partial charge in [0.15, 0.2) is 11.2 Å². The van der Waals surface area contributed by atoms with Gasteiger partial charge in [-0.2, -0.15) is 0 Å². The van der Waals surface area contributed by atoms with Gasteiger partial charge in [0, 0.05) is 13.1 Å². The lowest BCUT2D eigenvalue weighted by atomic mass is 10.3. The Labute approximate surface area is 87.3 Å². The summed E-state index contributed by atoms with van der Waals surface area (Å²) in [7, 11) is 0. The van der Waals surface area contributed by atoms with E-state index in [0.29, 0.717) is 26.3 Å². The van der Waals surface area contributed by atoms with Gasteiger partial charge in [-0.25, -0.2) is 5.01 Å². The molecule has 14 heavy (non-hydrogen) atoms. The number of hydrogen-bond acceptors (Lipinski definition) is 4. The summed E-state index contributed by atoms with van der Waals surface area (Å²) in [6, 6.07) is 0. The molecule has 1 atom stereocenters. The van der Waals surface area contributed by atoms with Crippen molar-refractivity contribution in [3.05, 3.63) is 0 Å². The maximum atomic E-state index is 11.3. The Morgan fingerprint density at radius 1 is 1.43 bits per heavy atom. The van der Waals surface area contributed by atoms with Gasteiger partial charge in [-0.05, 0) is 6.92 Å². The largest absolute Gasteiger partial charge is 0.379 e. The number of hydrazine groups is 1. The number of ketones is 1. The van der Waals surface area contributed by atoms with Crippen LogP contribution in [-0.4, -0.2) is 48.4 Å². The Morgan fingerprint density at radius 2 is 2.00 bits per heavy atom. The normalized spacial score (nSPS) is 20.1. The molecule has 1 heterocycles. The van der Waals surface area contributed by atoms with E-state index in [1.165, 1.54) is 6.92 Å². The zero-order valence-electron chi connectivity index (χ0n) is 7.96. The number of hydrogen-bond donors (Lipinski definition) is 1. The van der Waals surface area contributed by atoms with E-state index in [-0.39, 0.29) is 5.78 Å². The molecule has 6 heteroatoms. The number of alkyl halides is 1. The minimum atomic E-state index is -1.10. The second-order valence-electron chi connectivity index (χ2n) is 3.05. The van der Waals surface area contributed by atoms with Crippen LogP contribution in [0, 0.1) is 0 Å².